The maximum Gasteiger partial charge on any atom is 0.214 e. The molecule has 1 heterocycles. The molecule has 0 fully saturated rings. The third kappa shape index (κ3) is 12.8. The van der Waals surface area contributed by atoms with E-state index in [1.807, 2.05) is 114 Å². The Kier molecular flexibility index (Phi) is 14.5. The van der Waals surface area contributed by atoms with Crippen LogP contribution in [0.1, 0.15) is 94.2 Å². The van der Waals surface area contributed by atoms with Gasteiger partial charge in [-0.1, -0.05) is 114 Å². The number of rotatable bonds is 12. The van der Waals surface area contributed by atoms with Gasteiger partial charge < -0.3 is 0 Å². The van der Waals surface area contributed by atoms with E-state index in [9.17, 15) is 25.3 Å². The molecule has 1 aliphatic heterocycles. The van der Waals surface area contributed by atoms with Crippen LogP contribution in [0.15, 0.2) is 72.8 Å². The second-order valence-electron chi connectivity index (χ2n) is 15.3. The van der Waals surface area contributed by atoms with Crippen LogP contribution in [0.2, 0.25) is 0 Å². The molecule has 0 aliphatic carbocycles. The van der Waals surface area contributed by atoms with Crippen LogP contribution in [0.5, 0.6) is 0 Å². The Morgan fingerprint density at radius 3 is 0.784 bits per heavy atom. The van der Waals surface area contributed by atoms with Crippen LogP contribution < -0.4 is 0 Å². The van der Waals surface area contributed by atoms with Gasteiger partial charge in [0.15, 0.2) is 0 Å². The molecule has 9 nitrogen and oxygen atoms in total. The minimum Gasteiger partial charge on any atom is -0.212 e. The molecular weight excluding hydrogens is 703 g/mol. The molecule has 0 aromatic heterocycles. The monoisotopic (exact) mass is 759 g/mol. The van der Waals surface area contributed by atoms with E-state index in [1.165, 1.54) is 12.9 Å². The van der Waals surface area contributed by atoms with E-state index in [1.54, 1.807) is 0 Å². The third-order valence-electron chi connectivity index (χ3n) is 9.17. The minimum absolute atomic E-state index is 0.00549. The van der Waals surface area contributed by atoms with Crippen molar-refractivity contribution in [3.63, 3.8) is 0 Å². The van der Waals surface area contributed by atoms with Gasteiger partial charge in [0.2, 0.25) is 30.1 Å². The molecule has 0 atom stereocenters. The van der Waals surface area contributed by atoms with E-state index in [2.05, 4.69) is 0 Å². The molecule has 0 radical (unpaired) electrons. The predicted molar refractivity (Wildman–Crippen MR) is 207 cm³/mol. The van der Waals surface area contributed by atoms with Crippen LogP contribution in [0, 0.1) is 17.8 Å². The maximum atomic E-state index is 13.9. The average Bonchev–Trinajstić information content (AvgIpc) is 3.05. The van der Waals surface area contributed by atoms with Crippen molar-refractivity contribution in [2.45, 2.75) is 100 Å². The number of hydrogen-bond donors (Lipinski definition) is 0. The maximum absolute atomic E-state index is 13.9. The lowest BCUT2D eigenvalue weighted by atomic mass is 10.1. The highest BCUT2D eigenvalue weighted by atomic mass is 32.2. The minimum atomic E-state index is -3.68. The van der Waals surface area contributed by atoms with Crippen LogP contribution >= 0.6 is 0 Å². The van der Waals surface area contributed by atoms with Gasteiger partial charge in [0, 0.05) is 39.3 Å². The molecule has 12 heteroatoms. The van der Waals surface area contributed by atoms with E-state index >= 15 is 0 Å². The lowest BCUT2D eigenvalue weighted by Gasteiger charge is -2.26. The summed E-state index contributed by atoms with van der Waals surface area (Å²) in [7, 11) is -11.0. The highest BCUT2D eigenvalue weighted by molar-refractivity contribution is 7.89. The lowest BCUT2D eigenvalue weighted by Crippen LogP contribution is -2.34. The fourth-order valence-electron chi connectivity index (χ4n) is 6.00. The molecule has 0 saturated heterocycles. The number of nitrogens with zero attached hydrogens (tertiary/aromatic N) is 3. The first-order valence-corrected chi connectivity index (χ1v) is 22.9. The first-order chi connectivity index (χ1) is 23.9. The standard InChI is InChI=1S/C39H57N3O6S3/c1-31(2)16-19-49(43,44)40-25-34-10-7-12-36(22-34)27-41(50(45,46)20-17-32(3)4)29-38-14-9-15-39(24-38)30-42(51(47,48)21-18-33(5)6)28-37-13-8-11-35(23-37)26-40/h7-15,22-24,31-33H,16-21,25-30H2,1-6H3. The first kappa shape index (κ1) is 41.2. The van der Waals surface area contributed by atoms with E-state index < -0.39 is 30.1 Å². The Balaban J connectivity index is 1.84. The van der Waals surface area contributed by atoms with Crippen molar-refractivity contribution in [1.82, 2.24) is 12.9 Å². The van der Waals surface area contributed by atoms with Crippen LogP contribution in [0.3, 0.4) is 0 Å². The van der Waals surface area contributed by atoms with Gasteiger partial charge in [0.05, 0.1) is 17.3 Å². The largest absolute Gasteiger partial charge is 0.214 e. The van der Waals surface area contributed by atoms with E-state index in [-0.39, 0.29) is 74.3 Å². The molecule has 51 heavy (non-hydrogen) atoms. The quantitative estimate of drug-likeness (QED) is 0.194. The fraction of sp³-hybridized carbons (Fsp3) is 0.538. The molecule has 282 valence electrons. The van der Waals surface area contributed by atoms with E-state index in [0.29, 0.717) is 19.3 Å². The SMILES string of the molecule is CC(C)CCS(=O)(=O)N1Cc2cccc(c2)CN(S(=O)(=O)CCC(C)C)Cc2cccc(c2)CN(S(=O)(=O)CCC(C)C)Cc2cccc(c2)C1. The molecule has 3 aromatic carbocycles. The number of hydrogen-bond acceptors (Lipinski definition) is 6. The van der Waals surface area contributed by atoms with Crippen molar-refractivity contribution < 1.29 is 25.3 Å². The normalized spacial score (nSPS) is 16.4. The summed E-state index contributed by atoms with van der Waals surface area (Å²) in [6, 6.07) is 22.6. The summed E-state index contributed by atoms with van der Waals surface area (Å²) in [5.74, 6) is 0.638. The second kappa shape index (κ2) is 17.9. The summed E-state index contributed by atoms with van der Waals surface area (Å²) in [6.45, 7) is 12.7. The van der Waals surface area contributed by atoms with Crippen molar-refractivity contribution in [1.29, 1.82) is 0 Å². The summed E-state index contributed by atoms with van der Waals surface area (Å²) in [4.78, 5) is 0. The van der Waals surface area contributed by atoms with Crippen molar-refractivity contribution in [2.75, 3.05) is 17.3 Å². The summed E-state index contributed by atoms with van der Waals surface area (Å²) in [5, 5.41) is 0. The summed E-state index contributed by atoms with van der Waals surface area (Å²) >= 11 is 0. The van der Waals surface area contributed by atoms with Gasteiger partial charge in [-0.25, -0.2) is 25.3 Å². The molecule has 0 N–H and O–H groups in total. The Morgan fingerprint density at radius 1 is 0.412 bits per heavy atom. The molecule has 3 aromatic rings. The van der Waals surface area contributed by atoms with Gasteiger partial charge in [-0.2, -0.15) is 12.9 Å². The van der Waals surface area contributed by atoms with Gasteiger partial charge in [0.25, 0.3) is 0 Å². The smallest absolute Gasteiger partial charge is 0.212 e. The Hall–Kier alpha value is -2.61. The van der Waals surface area contributed by atoms with Crippen molar-refractivity contribution in [3.05, 3.63) is 106 Å². The molecule has 0 amide bonds. The zero-order valence-corrected chi connectivity index (χ0v) is 33.6. The van der Waals surface area contributed by atoms with Crippen LogP contribution in [-0.4, -0.2) is 55.4 Å². The molecular formula is C39H57N3O6S3. The lowest BCUT2D eigenvalue weighted by molar-refractivity contribution is 0.388. The molecule has 0 saturated carbocycles. The third-order valence-corrected chi connectivity index (χ3v) is 14.6. The highest BCUT2D eigenvalue weighted by Gasteiger charge is 2.27. The van der Waals surface area contributed by atoms with Gasteiger partial charge in [-0.15, -0.1) is 0 Å². The predicted octanol–water partition coefficient (Wildman–Crippen LogP) is 7.13. The Labute approximate surface area is 308 Å². The number of benzene rings is 3. The van der Waals surface area contributed by atoms with E-state index in [4.69, 9.17) is 0 Å². The van der Waals surface area contributed by atoms with Gasteiger partial charge in [-0.05, 0) is 70.4 Å². The Bertz CT molecular complexity index is 1640. The zero-order valence-electron chi connectivity index (χ0n) is 31.2. The van der Waals surface area contributed by atoms with Crippen molar-refractivity contribution in [2.24, 2.45) is 17.8 Å². The molecule has 0 unspecified atom stereocenters. The topological polar surface area (TPSA) is 112 Å². The number of sulfonamides is 3. The van der Waals surface area contributed by atoms with E-state index in [0.717, 1.165) is 33.4 Å². The van der Waals surface area contributed by atoms with Crippen molar-refractivity contribution in [3.8, 4) is 0 Å². The van der Waals surface area contributed by atoms with Gasteiger partial charge in [-0.3, -0.25) is 0 Å². The average molecular weight is 760 g/mol. The molecule has 4 rings (SSSR count). The Morgan fingerprint density at radius 2 is 0.608 bits per heavy atom. The molecule has 6 bridgehead atoms. The van der Waals surface area contributed by atoms with Crippen molar-refractivity contribution >= 4 is 30.1 Å². The second-order valence-corrected chi connectivity index (χ2v) is 21.5. The van der Waals surface area contributed by atoms with Crippen LogP contribution in [0.4, 0.5) is 0 Å². The highest BCUT2D eigenvalue weighted by Crippen LogP contribution is 2.24. The van der Waals surface area contributed by atoms with Crippen LogP contribution in [-0.2, 0) is 69.3 Å². The number of fused-ring (bicyclic) bond motifs is 6. The first-order valence-electron chi connectivity index (χ1n) is 18.1. The molecule has 1 aliphatic rings. The van der Waals surface area contributed by atoms with Crippen LogP contribution in [0.25, 0.3) is 0 Å². The van der Waals surface area contributed by atoms with Gasteiger partial charge in [0.1, 0.15) is 0 Å². The fourth-order valence-corrected chi connectivity index (χ4v) is 11.2. The van der Waals surface area contributed by atoms with Gasteiger partial charge >= 0.3 is 0 Å². The summed E-state index contributed by atoms with van der Waals surface area (Å²) in [6.07, 6.45) is 1.56. The summed E-state index contributed by atoms with van der Waals surface area (Å²) in [5.41, 5.74) is 4.59. The summed E-state index contributed by atoms with van der Waals surface area (Å²) < 4.78 is 87.7. The molecule has 0 spiro atoms. The zero-order chi connectivity index (χ0) is 37.4.